The van der Waals surface area contributed by atoms with E-state index in [4.69, 9.17) is 16.2 Å². The highest BCUT2D eigenvalue weighted by atomic mass is 16.5. The minimum Gasteiger partial charge on any atom is -0.399 e. The lowest BCUT2D eigenvalue weighted by molar-refractivity contribution is 0.0590. The van der Waals surface area contributed by atoms with Gasteiger partial charge in [0.2, 0.25) is 0 Å². The standard InChI is InChI=1S/C10H16N2O/c1-8(6-11)13-7-9-2-4-10(12)5-3-9/h2-5,8H,6-7,11-12H2,1H3. The van der Waals surface area contributed by atoms with E-state index in [1.54, 1.807) is 0 Å². The average molecular weight is 180 g/mol. The molecule has 0 bridgehead atoms. The second-order valence-corrected chi connectivity index (χ2v) is 3.10. The van der Waals surface area contributed by atoms with Gasteiger partial charge in [-0.05, 0) is 24.6 Å². The lowest BCUT2D eigenvalue weighted by atomic mass is 10.2. The zero-order valence-electron chi connectivity index (χ0n) is 7.86. The molecule has 13 heavy (non-hydrogen) atoms. The Balaban J connectivity index is 2.41. The molecule has 1 aromatic carbocycles. The highest BCUT2D eigenvalue weighted by molar-refractivity contribution is 5.39. The van der Waals surface area contributed by atoms with E-state index < -0.39 is 0 Å². The summed E-state index contributed by atoms with van der Waals surface area (Å²) in [4.78, 5) is 0. The number of nitrogen functional groups attached to an aromatic ring is 1. The molecule has 1 aromatic rings. The molecule has 0 aliphatic heterocycles. The van der Waals surface area contributed by atoms with Gasteiger partial charge in [-0.2, -0.15) is 0 Å². The van der Waals surface area contributed by atoms with E-state index in [2.05, 4.69) is 0 Å². The molecule has 0 radical (unpaired) electrons. The maximum Gasteiger partial charge on any atom is 0.0721 e. The molecule has 0 aromatic heterocycles. The Hall–Kier alpha value is -1.06. The van der Waals surface area contributed by atoms with Crippen LogP contribution in [-0.4, -0.2) is 12.6 Å². The Morgan fingerprint density at radius 1 is 1.31 bits per heavy atom. The summed E-state index contributed by atoms with van der Waals surface area (Å²) in [7, 11) is 0. The summed E-state index contributed by atoms with van der Waals surface area (Å²) in [6, 6.07) is 7.65. The number of ether oxygens (including phenoxy) is 1. The van der Waals surface area contributed by atoms with Crippen LogP contribution in [0.4, 0.5) is 5.69 Å². The molecule has 4 N–H and O–H groups in total. The van der Waals surface area contributed by atoms with Crippen molar-refractivity contribution in [2.45, 2.75) is 19.6 Å². The zero-order chi connectivity index (χ0) is 9.68. The van der Waals surface area contributed by atoms with Crippen molar-refractivity contribution in [2.75, 3.05) is 12.3 Å². The third-order valence-electron chi connectivity index (χ3n) is 1.85. The van der Waals surface area contributed by atoms with Crippen LogP contribution in [0.2, 0.25) is 0 Å². The quantitative estimate of drug-likeness (QED) is 0.683. The predicted octanol–water partition coefficient (Wildman–Crippen LogP) is 1.13. The molecule has 0 fully saturated rings. The molecule has 1 unspecified atom stereocenters. The van der Waals surface area contributed by atoms with Crippen LogP contribution in [0.15, 0.2) is 24.3 Å². The van der Waals surface area contributed by atoms with Crippen LogP contribution in [0.5, 0.6) is 0 Å². The summed E-state index contributed by atoms with van der Waals surface area (Å²) >= 11 is 0. The van der Waals surface area contributed by atoms with Crippen molar-refractivity contribution in [2.24, 2.45) is 5.73 Å². The number of hydrogen-bond acceptors (Lipinski definition) is 3. The first-order chi connectivity index (χ1) is 6.22. The summed E-state index contributed by atoms with van der Waals surface area (Å²) in [6.07, 6.45) is 0.109. The minimum atomic E-state index is 0.109. The Labute approximate surface area is 78.7 Å². The first kappa shape index (κ1) is 10.0. The van der Waals surface area contributed by atoms with Gasteiger partial charge in [0.15, 0.2) is 0 Å². The molecule has 1 rings (SSSR count). The van der Waals surface area contributed by atoms with Gasteiger partial charge < -0.3 is 16.2 Å². The van der Waals surface area contributed by atoms with E-state index in [0.717, 1.165) is 11.3 Å². The molecule has 0 spiro atoms. The Kier molecular flexibility index (Phi) is 3.73. The van der Waals surface area contributed by atoms with Crippen LogP contribution in [0.25, 0.3) is 0 Å². The third kappa shape index (κ3) is 3.44. The number of anilines is 1. The number of nitrogens with two attached hydrogens (primary N) is 2. The van der Waals surface area contributed by atoms with Gasteiger partial charge in [-0.3, -0.25) is 0 Å². The summed E-state index contributed by atoms with van der Waals surface area (Å²) in [5.74, 6) is 0. The van der Waals surface area contributed by atoms with Crippen LogP contribution in [-0.2, 0) is 11.3 Å². The minimum absolute atomic E-state index is 0.109. The number of rotatable bonds is 4. The van der Waals surface area contributed by atoms with E-state index >= 15 is 0 Å². The van der Waals surface area contributed by atoms with Gasteiger partial charge in [-0.1, -0.05) is 12.1 Å². The highest BCUT2D eigenvalue weighted by Crippen LogP contribution is 2.07. The number of benzene rings is 1. The first-order valence-electron chi connectivity index (χ1n) is 4.38. The normalized spacial score (nSPS) is 12.8. The molecule has 0 amide bonds. The van der Waals surface area contributed by atoms with Gasteiger partial charge in [-0.15, -0.1) is 0 Å². The fraction of sp³-hybridized carbons (Fsp3) is 0.400. The highest BCUT2D eigenvalue weighted by Gasteiger charge is 1.98. The van der Waals surface area contributed by atoms with Crippen molar-refractivity contribution >= 4 is 5.69 Å². The molecule has 0 aliphatic carbocycles. The van der Waals surface area contributed by atoms with Crippen LogP contribution < -0.4 is 11.5 Å². The Bertz CT molecular complexity index is 246. The summed E-state index contributed by atoms with van der Waals surface area (Å²) in [5.41, 5.74) is 12.9. The second-order valence-electron chi connectivity index (χ2n) is 3.10. The van der Waals surface area contributed by atoms with Crippen LogP contribution in [0, 0.1) is 0 Å². The molecule has 0 saturated heterocycles. The van der Waals surface area contributed by atoms with Crippen molar-refractivity contribution < 1.29 is 4.74 Å². The molecular formula is C10H16N2O. The lowest BCUT2D eigenvalue weighted by Crippen LogP contribution is -2.19. The number of hydrogen-bond donors (Lipinski definition) is 2. The van der Waals surface area contributed by atoms with E-state index in [1.165, 1.54) is 0 Å². The van der Waals surface area contributed by atoms with E-state index in [0.29, 0.717) is 13.2 Å². The topological polar surface area (TPSA) is 61.3 Å². The van der Waals surface area contributed by atoms with Crippen LogP contribution in [0.1, 0.15) is 12.5 Å². The Morgan fingerprint density at radius 3 is 2.46 bits per heavy atom. The van der Waals surface area contributed by atoms with Gasteiger partial charge in [0, 0.05) is 12.2 Å². The van der Waals surface area contributed by atoms with Crippen molar-refractivity contribution in [1.29, 1.82) is 0 Å². The van der Waals surface area contributed by atoms with Gasteiger partial charge >= 0.3 is 0 Å². The maximum absolute atomic E-state index is 5.55. The van der Waals surface area contributed by atoms with Crippen molar-refractivity contribution in [3.05, 3.63) is 29.8 Å². The van der Waals surface area contributed by atoms with E-state index in [-0.39, 0.29) is 6.10 Å². The first-order valence-corrected chi connectivity index (χ1v) is 4.38. The lowest BCUT2D eigenvalue weighted by Gasteiger charge is -2.10. The SMILES string of the molecule is CC(CN)OCc1ccc(N)cc1. The van der Waals surface area contributed by atoms with Gasteiger partial charge in [-0.25, -0.2) is 0 Å². The summed E-state index contributed by atoms with van der Waals surface area (Å²) < 4.78 is 5.45. The van der Waals surface area contributed by atoms with Gasteiger partial charge in [0.1, 0.15) is 0 Å². The van der Waals surface area contributed by atoms with E-state index in [9.17, 15) is 0 Å². The van der Waals surface area contributed by atoms with Gasteiger partial charge in [0.05, 0.1) is 12.7 Å². The zero-order valence-corrected chi connectivity index (χ0v) is 7.86. The molecule has 0 heterocycles. The summed E-state index contributed by atoms with van der Waals surface area (Å²) in [6.45, 7) is 3.10. The van der Waals surface area contributed by atoms with Crippen molar-refractivity contribution in [3.63, 3.8) is 0 Å². The molecule has 1 atom stereocenters. The summed E-state index contributed by atoms with van der Waals surface area (Å²) in [5, 5.41) is 0. The predicted molar refractivity (Wildman–Crippen MR) is 54.2 cm³/mol. The monoisotopic (exact) mass is 180 g/mol. The average Bonchev–Trinajstić information content (AvgIpc) is 2.16. The van der Waals surface area contributed by atoms with Crippen molar-refractivity contribution in [1.82, 2.24) is 0 Å². The maximum atomic E-state index is 5.55. The third-order valence-corrected chi connectivity index (χ3v) is 1.85. The van der Waals surface area contributed by atoms with Crippen molar-refractivity contribution in [3.8, 4) is 0 Å². The fourth-order valence-corrected chi connectivity index (χ4v) is 0.920. The molecule has 72 valence electrons. The molecule has 0 saturated carbocycles. The molecule has 3 nitrogen and oxygen atoms in total. The molecular weight excluding hydrogens is 164 g/mol. The fourth-order valence-electron chi connectivity index (χ4n) is 0.920. The molecule has 0 aliphatic rings. The van der Waals surface area contributed by atoms with Gasteiger partial charge in [0.25, 0.3) is 0 Å². The second kappa shape index (κ2) is 4.84. The Morgan fingerprint density at radius 2 is 1.92 bits per heavy atom. The smallest absolute Gasteiger partial charge is 0.0721 e. The largest absolute Gasteiger partial charge is 0.399 e. The van der Waals surface area contributed by atoms with Crippen LogP contribution >= 0.6 is 0 Å². The van der Waals surface area contributed by atoms with E-state index in [1.807, 2.05) is 31.2 Å². The van der Waals surface area contributed by atoms with Crippen LogP contribution in [0.3, 0.4) is 0 Å². The molecule has 3 heteroatoms.